The third-order valence-electron chi connectivity index (χ3n) is 17.1. The monoisotopic (exact) mass is 1340 g/mol. The third kappa shape index (κ3) is 65.1. The summed E-state index contributed by atoms with van der Waals surface area (Å²) in [5, 5.41) is 10.6. The van der Waals surface area contributed by atoms with E-state index in [2.05, 4.69) is 41.5 Å². The van der Waals surface area contributed by atoms with Gasteiger partial charge in [0, 0.05) is 25.7 Å². The van der Waals surface area contributed by atoms with Crippen LogP contribution in [0.2, 0.25) is 0 Å². The van der Waals surface area contributed by atoms with Gasteiger partial charge >= 0.3 is 39.5 Å². The summed E-state index contributed by atoms with van der Waals surface area (Å²) < 4.78 is 68.4. The van der Waals surface area contributed by atoms with Crippen molar-refractivity contribution in [3.63, 3.8) is 0 Å². The fraction of sp³-hybridized carbons (Fsp3) is 0.944. The number of ether oxygens (including phenoxy) is 4. The van der Waals surface area contributed by atoms with Gasteiger partial charge in [0.1, 0.15) is 19.3 Å². The second-order valence-electron chi connectivity index (χ2n) is 26.7. The van der Waals surface area contributed by atoms with Crippen LogP contribution in [0.25, 0.3) is 0 Å². The van der Waals surface area contributed by atoms with Crippen LogP contribution in [-0.4, -0.2) is 96.7 Å². The lowest BCUT2D eigenvalue weighted by Crippen LogP contribution is -2.30. The summed E-state index contributed by atoms with van der Waals surface area (Å²) in [6.45, 7) is 9.57. The lowest BCUT2D eigenvalue weighted by molar-refractivity contribution is -0.161. The molecule has 19 heteroatoms. The molecular weight excluding hydrogens is 1200 g/mol. The number of aliphatic hydroxyl groups excluding tert-OH is 1. The highest BCUT2D eigenvalue weighted by molar-refractivity contribution is 7.47. The smallest absolute Gasteiger partial charge is 0.462 e. The molecule has 0 aromatic heterocycles. The molecule has 0 spiro atoms. The van der Waals surface area contributed by atoms with Crippen molar-refractivity contribution in [3.8, 4) is 0 Å². The first kappa shape index (κ1) is 89.1. The van der Waals surface area contributed by atoms with Gasteiger partial charge in [-0.1, -0.05) is 318 Å². The fourth-order valence-electron chi connectivity index (χ4n) is 10.9. The Morgan fingerprint density at radius 2 is 0.560 bits per heavy atom. The maximum atomic E-state index is 13.0. The zero-order valence-corrected chi connectivity index (χ0v) is 60.9. The van der Waals surface area contributed by atoms with Crippen LogP contribution in [0.5, 0.6) is 0 Å². The van der Waals surface area contributed by atoms with Crippen LogP contribution in [0.3, 0.4) is 0 Å². The van der Waals surface area contributed by atoms with Crippen molar-refractivity contribution < 1.29 is 80.2 Å². The van der Waals surface area contributed by atoms with Crippen LogP contribution >= 0.6 is 15.6 Å². The Hall–Kier alpha value is -1.94. The molecule has 0 amide bonds. The number of carbonyl (C=O) groups excluding carboxylic acids is 4. The van der Waals surface area contributed by atoms with Crippen molar-refractivity contribution in [2.75, 3.05) is 39.6 Å². The van der Waals surface area contributed by atoms with E-state index in [0.29, 0.717) is 25.7 Å². The summed E-state index contributed by atoms with van der Waals surface area (Å²) in [6, 6.07) is 0. The molecule has 0 fully saturated rings. The quantitative estimate of drug-likeness (QED) is 0.0222. The van der Waals surface area contributed by atoms with Gasteiger partial charge in [-0.2, -0.15) is 0 Å². The Bertz CT molecular complexity index is 1770. The van der Waals surface area contributed by atoms with E-state index in [1.807, 2.05) is 0 Å². The van der Waals surface area contributed by atoms with Gasteiger partial charge in [-0.15, -0.1) is 0 Å². The second-order valence-corrected chi connectivity index (χ2v) is 29.6. The Kier molecular flexibility index (Phi) is 62.7. The summed E-state index contributed by atoms with van der Waals surface area (Å²) in [4.78, 5) is 72.7. The minimum atomic E-state index is -4.95. The predicted molar refractivity (Wildman–Crippen MR) is 368 cm³/mol. The standard InChI is InChI=1S/C72H140O17P2/c1-7-10-12-14-16-18-20-22-26-30-37-43-49-55-70(75)82-60-67(88-71(76)56-50-44-38-31-27-23-24-28-34-40-46-52-64(4)5)62-86-90(78,79)84-58-66(73)59-85-91(80,81)87-63-68(89-72(77)57-51-45-39-33-32-35-41-47-53-65(6)9-3)61-83-69(74)54-48-42-36-29-25-21-19-17-15-13-11-8-2/h64-68,73H,7-63H2,1-6H3,(H,78,79)(H,80,81)/t65?,66-,67-,68-/m1/s1. The SMILES string of the molecule is CCCCCCCCCCCCCCCC(=O)OC[C@H](COP(=O)(O)OC[C@@H](O)COP(=O)(O)OC[C@@H](COC(=O)CCCCCCCCCCCCCC)OC(=O)CCCCCCCCCCC(C)CC)OC(=O)CCCCCCCCCCCCCC(C)C. The molecule has 0 aromatic rings. The minimum Gasteiger partial charge on any atom is -0.462 e. The first-order valence-corrected chi connectivity index (χ1v) is 40.5. The van der Waals surface area contributed by atoms with Crippen LogP contribution in [0.1, 0.15) is 369 Å². The highest BCUT2D eigenvalue weighted by atomic mass is 31.2. The summed E-state index contributed by atoms with van der Waals surface area (Å²) in [5.41, 5.74) is 0. The van der Waals surface area contributed by atoms with Gasteiger partial charge in [0.2, 0.25) is 0 Å². The number of esters is 4. The molecule has 17 nitrogen and oxygen atoms in total. The largest absolute Gasteiger partial charge is 0.472 e. The Labute approximate surface area is 556 Å². The first-order valence-electron chi connectivity index (χ1n) is 37.5. The van der Waals surface area contributed by atoms with Gasteiger partial charge in [0.15, 0.2) is 12.2 Å². The van der Waals surface area contributed by atoms with Gasteiger partial charge in [0.25, 0.3) is 0 Å². The van der Waals surface area contributed by atoms with Gasteiger partial charge in [-0.3, -0.25) is 37.3 Å². The van der Waals surface area contributed by atoms with E-state index in [1.54, 1.807) is 0 Å². The number of phosphoric ester groups is 2. The molecule has 0 aliphatic heterocycles. The topological polar surface area (TPSA) is 237 Å². The van der Waals surface area contributed by atoms with Crippen LogP contribution in [-0.2, 0) is 65.4 Å². The maximum absolute atomic E-state index is 13.0. The third-order valence-corrected chi connectivity index (χ3v) is 19.0. The van der Waals surface area contributed by atoms with Gasteiger partial charge < -0.3 is 33.8 Å². The number of carbonyl (C=O) groups is 4. The molecular formula is C72H140O17P2. The van der Waals surface area contributed by atoms with E-state index in [-0.39, 0.29) is 25.7 Å². The summed E-state index contributed by atoms with van der Waals surface area (Å²) in [7, 11) is -9.90. The van der Waals surface area contributed by atoms with E-state index in [1.165, 1.54) is 186 Å². The van der Waals surface area contributed by atoms with Crippen LogP contribution in [0, 0.1) is 11.8 Å². The molecule has 3 unspecified atom stereocenters. The van der Waals surface area contributed by atoms with Gasteiger partial charge in [0.05, 0.1) is 26.4 Å². The number of unbranched alkanes of at least 4 members (excludes halogenated alkanes) is 40. The number of hydrogen-bond acceptors (Lipinski definition) is 15. The molecule has 0 aliphatic rings. The van der Waals surface area contributed by atoms with E-state index < -0.39 is 97.5 Å². The number of aliphatic hydroxyl groups is 1. The van der Waals surface area contributed by atoms with Gasteiger partial charge in [-0.25, -0.2) is 9.13 Å². The fourth-order valence-corrected chi connectivity index (χ4v) is 12.5. The molecule has 0 saturated carbocycles. The highest BCUT2D eigenvalue weighted by Gasteiger charge is 2.30. The molecule has 0 bridgehead atoms. The Morgan fingerprint density at radius 1 is 0.319 bits per heavy atom. The zero-order chi connectivity index (χ0) is 67.2. The maximum Gasteiger partial charge on any atom is 0.472 e. The lowest BCUT2D eigenvalue weighted by Gasteiger charge is -2.21. The van der Waals surface area contributed by atoms with Crippen LogP contribution in [0.15, 0.2) is 0 Å². The molecule has 91 heavy (non-hydrogen) atoms. The molecule has 0 heterocycles. The molecule has 0 aromatic carbocycles. The second kappa shape index (κ2) is 64.1. The molecule has 6 atom stereocenters. The average Bonchev–Trinajstić information content (AvgIpc) is 3.73. The lowest BCUT2D eigenvalue weighted by atomic mass is 9.99. The predicted octanol–water partition coefficient (Wildman–Crippen LogP) is 20.8. The summed E-state index contributed by atoms with van der Waals surface area (Å²) in [6.07, 6.45) is 49.7. The zero-order valence-electron chi connectivity index (χ0n) is 59.1. The molecule has 0 aliphatic carbocycles. The highest BCUT2D eigenvalue weighted by Crippen LogP contribution is 2.45. The molecule has 540 valence electrons. The van der Waals surface area contributed by atoms with Crippen LogP contribution in [0.4, 0.5) is 0 Å². The first-order chi connectivity index (χ1) is 43.9. The minimum absolute atomic E-state index is 0.105. The van der Waals surface area contributed by atoms with E-state index in [4.69, 9.17) is 37.0 Å². The summed E-state index contributed by atoms with van der Waals surface area (Å²) in [5.74, 6) is -0.585. The number of rotatable bonds is 71. The van der Waals surface area contributed by atoms with Crippen LogP contribution < -0.4 is 0 Å². The van der Waals surface area contributed by atoms with Gasteiger partial charge in [-0.05, 0) is 37.5 Å². The van der Waals surface area contributed by atoms with E-state index >= 15 is 0 Å². The Balaban J connectivity index is 5.27. The number of phosphoric acid groups is 2. The van der Waals surface area contributed by atoms with Crippen molar-refractivity contribution in [2.45, 2.75) is 387 Å². The van der Waals surface area contributed by atoms with Crippen molar-refractivity contribution in [1.82, 2.24) is 0 Å². The number of hydrogen-bond donors (Lipinski definition) is 3. The van der Waals surface area contributed by atoms with Crippen molar-refractivity contribution >= 4 is 39.5 Å². The average molecular weight is 1340 g/mol. The molecule has 0 saturated heterocycles. The van der Waals surface area contributed by atoms with Crippen molar-refractivity contribution in [3.05, 3.63) is 0 Å². The normalized spacial score (nSPS) is 14.4. The summed E-state index contributed by atoms with van der Waals surface area (Å²) >= 11 is 0. The van der Waals surface area contributed by atoms with E-state index in [0.717, 1.165) is 102 Å². The molecule has 0 radical (unpaired) electrons. The molecule has 3 N–H and O–H groups in total. The Morgan fingerprint density at radius 3 is 0.835 bits per heavy atom. The van der Waals surface area contributed by atoms with Crippen molar-refractivity contribution in [2.24, 2.45) is 11.8 Å². The van der Waals surface area contributed by atoms with Crippen molar-refractivity contribution in [1.29, 1.82) is 0 Å². The van der Waals surface area contributed by atoms with E-state index in [9.17, 15) is 43.2 Å². The molecule has 0 rings (SSSR count).